The molecule has 4 N–H and O–H groups in total. The van der Waals surface area contributed by atoms with Gasteiger partial charge in [-0.05, 0) is 63.1 Å². The zero-order valence-corrected chi connectivity index (χ0v) is 16.8. The molecule has 2 amide bonds. The first kappa shape index (κ1) is 20.5. The minimum atomic E-state index is -0.156. The van der Waals surface area contributed by atoms with Crippen molar-refractivity contribution in [1.82, 2.24) is 15.5 Å². The van der Waals surface area contributed by atoms with E-state index in [1.165, 1.54) is 0 Å². The summed E-state index contributed by atoms with van der Waals surface area (Å²) in [5.74, 6) is 0.801. The number of likely N-dealkylation sites (tertiary alicyclic amines) is 1. The summed E-state index contributed by atoms with van der Waals surface area (Å²) in [5, 5.41) is 19.4. The van der Waals surface area contributed by atoms with E-state index in [2.05, 4.69) is 22.9 Å². The molecule has 0 spiro atoms. The second kappa shape index (κ2) is 10.3. The van der Waals surface area contributed by atoms with Crippen LogP contribution in [0.2, 0.25) is 0 Å². The van der Waals surface area contributed by atoms with Gasteiger partial charge in [0.1, 0.15) is 0 Å². The number of aliphatic hydroxyl groups is 1. The van der Waals surface area contributed by atoms with Gasteiger partial charge in [0.15, 0.2) is 5.96 Å². The number of carbonyl (C=O) groups excluding carboxylic acids is 1. The van der Waals surface area contributed by atoms with E-state index in [0.29, 0.717) is 12.6 Å². The predicted octanol–water partition coefficient (Wildman–Crippen LogP) is 2.67. The van der Waals surface area contributed by atoms with Gasteiger partial charge in [-0.2, -0.15) is 0 Å². The summed E-state index contributed by atoms with van der Waals surface area (Å²) in [4.78, 5) is 18.8. The van der Waals surface area contributed by atoms with Crippen LogP contribution in [0, 0.1) is 0 Å². The molecule has 3 rings (SSSR count). The maximum Gasteiger partial charge on any atom is 0.321 e. The summed E-state index contributed by atoms with van der Waals surface area (Å²) < 4.78 is 0. The Bertz CT molecular complexity index is 665. The highest BCUT2D eigenvalue weighted by molar-refractivity contribution is 5.89. The Hall–Kier alpha value is -2.28. The topological polar surface area (TPSA) is 89.0 Å². The number of guanidine groups is 1. The summed E-state index contributed by atoms with van der Waals surface area (Å²) >= 11 is 0. The van der Waals surface area contributed by atoms with Crippen molar-refractivity contribution in [3.63, 3.8) is 0 Å². The summed E-state index contributed by atoms with van der Waals surface area (Å²) in [5.41, 5.74) is 1.86. The number of aliphatic imine (C=N–C) groups is 1. The van der Waals surface area contributed by atoms with E-state index in [-0.39, 0.29) is 12.1 Å². The average molecular weight is 388 g/mol. The molecule has 1 saturated heterocycles. The van der Waals surface area contributed by atoms with Gasteiger partial charge >= 0.3 is 6.03 Å². The first-order valence-corrected chi connectivity index (χ1v) is 10.5. The van der Waals surface area contributed by atoms with Gasteiger partial charge in [0, 0.05) is 31.4 Å². The van der Waals surface area contributed by atoms with E-state index in [0.717, 1.165) is 75.4 Å². The van der Waals surface area contributed by atoms with Crippen LogP contribution in [0.5, 0.6) is 0 Å². The largest absolute Gasteiger partial charge is 0.393 e. The number of urea groups is 1. The van der Waals surface area contributed by atoms with Gasteiger partial charge in [0.05, 0.1) is 12.6 Å². The maximum atomic E-state index is 12.3. The molecule has 1 heterocycles. The predicted molar refractivity (Wildman–Crippen MR) is 112 cm³/mol. The first-order valence-electron chi connectivity index (χ1n) is 10.5. The van der Waals surface area contributed by atoms with Crippen molar-refractivity contribution in [1.29, 1.82) is 0 Å². The number of nitrogens with zero attached hydrogens (tertiary/aromatic N) is 2. The minimum Gasteiger partial charge on any atom is -0.393 e. The van der Waals surface area contributed by atoms with Crippen LogP contribution in [-0.2, 0) is 6.54 Å². The van der Waals surface area contributed by atoms with Crippen LogP contribution >= 0.6 is 0 Å². The molecule has 1 saturated carbocycles. The summed E-state index contributed by atoms with van der Waals surface area (Å²) in [6, 6.07) is 8.21. The Morgan fingerprint density at radius 1 is 1.21 bits per heavy atom. The lowest BCUT2D eigenvalue weighted by molar-refractivity contribution is 0.120. The fraction of sp³-hybridized carbons (Fsp3) is 0.619. The van der Waals surface area contributed by atoms with E-state index in [1.54, 1.807) is 0 Å². The second-order valence-electron chi connectivity index (χ2n) is 7.67. The van der Waals surface area contributed by atoms with E-state index < -0.39 is 0 Å². The van der Waals surface area contributed by atoms with Gasteiger partial charge in [0.25, 0.3) is 0 Å². The number of hydrogen-bond acceptors (Lipinski definition) is 3. The molecular formula is C21H33N5O2. The van der Waals surface area contributed by atoms with Gasteiger partial charge in [-0.15, -0.1) is 0 Å². The molecule has 7 heteroatoms. The van der Waals surface area contributed by atoms with Gasteiger partial charge < -0.3 is 26.0 Å². The highest BCUT2D eigenvalue weighted by atomic mass is 16.3. The molecule has 1 aromatic carbocycles. The van der Waals surface area contributed by atoms with Gasteiger partial charge in [-0.25, -0.2) is 9.79 Å². The fourth-order valence-electron chi connectivity index (χ4n) is 3.77. The van der Waals surface area contributed by atoms with Crippen molar-refractivity contribution in [2.45, 2.75) is 64.1 Å². The van der Waals surface area contributed by atoms with Crippen LogP contribution in [0.3, 0.4) is 0 Å². The van der Waals surface area contributed by atoms with Crippen LogP contribution < -0.4 is 16.0 Å². The van der Waals surface area contributed by atoms with Crippen LogP contribution in [-0.4, -0.2) is 53.8 Å². The van der Waals surface area contributed by atoms with Crippen LogP contribution in [0.4, 0.5) is 10.5 Å². The Morgan fingerprint density at radius 2 is 1.96 bits per heavy atom. The lowest BCUT2D eigenvalue weighted by Crippen LogP contribution is -2.45. The standard InChI is InChI=1S/C21H33N5O2/c1-2-22-20(24-17-8-10-19(27)11-9-17)23-15-16-6-5-7-18(14-16)25-21(28)26-12-3-4-13-26/h5-7,14,17,19,27H,2-4,8-13,15H2,1H3,(H,25,28)(H2,22,23,24). The van der Waals surface area contributed by atoms with E-state index >= 15 is 0 Å². The molecule has 154 valence electrons. The minimum absolute atomic E-state index is 0.0207. The molecule has 0 aromatic heterocycles. The molecule has 1 aromatic rings. The van der Waals surface area contributed by atoms with Crippen molar-refractivity contribution in [2.75, 3.05) is 25.0 Å². The number of aliphatic hydroxyl groups excluding tert-OH is 1. The molecule has 0 bridgehead atoms. The Labute approximate surface area is 167 Å². The van der Waals surface area contributed by atoms with E-state index in [4.69, 9.17) is 4.99 Å². The zero-order chi connectivity index (χ0) is 19.8. The fourth-order valence-corrected chi connectivity index (χ4v) is 3.77. The molecule has 1 aliphatic carbocycles. The van der Waals surface area contributed by atoms with Crippen molar-refractivity contribution in [3.8, 4) is 0 Å². The van der Waals surface area contributed by atoms with Crippen molar-refractivity contribution >= 4 is 17.7 Å². The molecule has 7 nitrogen and oxygen atoms in total. The first-order chi connectivity index (χ1) is 13.6. The monoisotopic (exact) mass is 387 g/mol. The Morgan fingerprint density at radius 3 is 2.68 bits per heavy atom. The normalized spacial score (nSPS) is 22.8. The number of hydrogen-bond donors (Lipinski definition) is 4. The van der Waals surface area contributed by atoms with Gasteiger partial charge in [0.2, 0.25) is 0 Å². The van der Waals surface area contributed by atoms with Crippen molar-refractivity contribution in [3.05, 3.63) is 29.8 Å². The van der Waals surface area contributed by atoms with Crippen molar-refractivity contribution < 1.29 is 9.90 Å². The Kier molecular flexibility index (Phi) is 7.54. The average Bonchev–Trinajstić information content (AvgIpc) is 3.23. The molecule has 28 heavy (non-hydrogen) atoms. The van der Waals surface area contributed by atoms with Crippen LogP contribution in [0.25, 0.3) is 0 Å². The number of anilines is 1. The molecule has 0 atom stereocenters. The quantitative estimate of drug-likeness (QED) is 0.462. The van der Waals surface area contributed by atoms with Gasteiger partial charge in [-0.1, -0.05) is 12.1 Å². The SMILES string of the molecule is CCNC(=NCc1cccc(NC(=O)N2CCCC2)c1)NC1CCC(O)CC1. The van der Waals surface area contributed by atoms with Crippen LogP contribution in [0.15, 0.2) is 29.3 Å². The smallest absolute Gasteiger partial charge is 0.321 e. The van der Waals surface area contributed by atoms with Crippen LogP contribution in [0.1, 0.15) is 51.0 Å². The molecule has 2 aliphatic rings. The lowest BCUT2D eigenvalue weighted by atomic mass is 9.93. The molecule has 2 fully saturated rings. The summed E-state index contributed by atoms with van der Waals surface area (Å²) in [7, 11) is 0. The van der Waals surface area contributed by atoms with Crippen molar-refractivity contribution in [2.24, 2.45) is 4.99 Å². The molecule has 1 aliphatic heterocycles. The third kappa shape index (κ3) is 6.12. The third-order valence-corrected chi connectivity index (χ3v) is 5.37. The molecule has 0 unspecified atom stereocenters. The summed E-state index contributed by atoms with van der Waals surface area (Å²) in [6.45, 7) is 5.07. The zero-order valence-electron chi connectivity index (χ0n) is 16.8. The Balaban J connectivity index is 1.56. The number of rotatable bonds is 5. The lowest BCUT2D eigenvalue weighted by Gasteiger charge is -2.27. The number of carbonyl (C=O) groups is 1. The maximum absolute atomic E-state index is 12.3. The summed E-state index contributed by atoms with van der Waals surface area (Å²) in [6.07, 6.45) is 5.62. The molecular weight excluding hydrogens is 354 g/mol. The van der Waals surface area contributed by atoms with E-state index in [9.17, 15) is 9.90 Å². The number of benzene rings is 1. The second-order valence-corrected chi connectivity index (χ2v) is 7.67. The van der Waals surface area contributed by atoms with E-state index in [1.807, 2.05) is 29.2 Å². The number of nitrogens with one attached hydrogen (secondary N) is 3. The highest BCUT2D eigenvalue weighted by Crippen LogP contribution is 2.18. The number of amides is 2. The third-order valence-electron chi connectivity index (χ3n) is 5.37. The highest BCUT2D eigenvalue weighted by Gasteiger charge is 2.20. The molecule has 0 radical (unpaired) electrons. The van der Waals surface area contributed by atoms with Gasteiger partial charge in [-0.3, -0.25) is 0 Å².